The quantitative estimate of drug-likeness (QED) is 0.424. The Kier molecular flexibility index (Phi) is 8.25. The SMILES string of the molecule is C=CCCCCCCOC[C@H]1OC[C@H](O)[C@@H](O)[C@@H]1O. The van der Waals surface area contributed by atoms with E-state index in [1.807, 2.05) is 6.08 Å². The first-order valence-corrected chi connectivity index (χ1v) is 7.01. The molecule has 0 bridgehead atoms. The molecule has 5 nitrogen and oxygen atoms in total. The minimum atomic E-state index is -1.15. The van der Waals surface area contributed by atoms with Crippen LogP contribution in [0.3, 0.4) is 0 Å². The van der Waals surface area contributed by atoms with E-state index in [0.29, 0.717) is 6.61 Å². The van der Waals surface area contributed by atoms with Gasteiger partial charge < -0.3 is 24.8 Å². The standard InChI is InChI=1S/C14H26O5/c1-2-3-4-5-6-7-8-18-10-12-14(17)13(16)11(15)9-19-12/h2,11-17H,1,3-10H2/t11-,12+,13+,14+/m0/s1. The molecule has 3 N–H and O–H groups in total. The second kappa shape index (κ2) is 9.44. The van der Waals surface area contributed by atoms with Crippen molar-refractivity contribution in [3.8, 4) is 0 Å². The molecule has 1 fully saturated rings. The van der Waals surface area contributed by atoms with Gasteiger partial charge in [0.25, 0.3) is 0 Å². The number of allylic oxidation sites excluding steroid dienone is 1. The van der Waals surface area contributed by atoms with Crippen molar-refractivity contribution in [3.63, 3.8) is 0 Å². The molecule has 0 aromatic carbocycles. The molecule has 19 heavy (non-hydrogen) atoms. The number of ether oxygens (including phenoxy) is 2. The predicted molar refractivity (Wildman–Crippen MR) is 71.9 cm³/mol. The third kappa shape index (κ3) is 6.01. The third-order valence-electron chi connectivity index (χ3n) is 3.34. The molecule has 0 aromatic rings. The fourth-order valence-corrected chi connectivity index (χ4v) is 2.06. The molecular weight excluding hydrogens is 248 g/mol. The summed E-state index contributed by atoms with van der Waals surface area (Å²) < 4.78 is 10.7. The summed E-state index contributed by atoms with van der Waals surface area (Å²) >= 11 is 0. The Morgan fingerprint density at radius 3 is 2.58 bits per heavy atom. The van der Waals surface area contributed by atoms with Crippen molar-refractivity contribution < 1.29 is 24.8 Å². The van der Waals surface area contributed by atoms with Gasteiger partial charge in [-0.15, -0.1) is 6.58 Å². The zero-order valence-corrected chi connectivity index (χ0v) is 11.4. The van der Waals surface area contributed by atoms with Gasteiger partial charge in [0.15, 0.2) is 0 Å². The second-order valence-electron chi connectivity index (χ2n) is 4.99. The van der Waals surface area contributed by atoms with Crippen molar-refractivity contribution >= 4 is 0 Å². The highest BCUT2D eigenvalue weighted by Crippen LogP contribution is 2.16. The molecule has 112 valence electrons. The highest BCUT2D eigenvalue weighted by atomic mass is 16.6. The lowest BCUT2D eigenvalue weighted by molar-refractivity contribution is -0.199. The van der Waals surface area contributed by atoms with Gasteiger partial charge in [0.1, 0.15) is 24.4 Å². The van der Waals surface area contributed by atoms with Gasteiger partial charge in [0.05, 0.1) is 13.2 Å². The van der Waals surface area contributed by atoms with Gasteiger partial charge in [-0.25, -0.2) is 0 Å². The highest BCUT2D eigenvalue weighted by molar-refractivity contribution is 4.86. The summed E-state index contributed by atoms with van der Waals surface area (Å²) in [4.78, 5) is 0. The lowest BCUT2D eigenvalue weighted by Gasteiger charge is -2.35. The summed E-state index contributed by atoms with van der Waals surface area (Å²) in [5.41, 5.74) is 0. The van der Waals surface area contributed by atoms with Crippen LogP contribution in [0.5, 0.6) is 0 Å². The van der Waals surface area contributed by atoms with Crippen molar-refractivity contribution in [3.05, 3.63) is 12.7 Å². The predicted octanol–water partition coefficient (Wildman–Crippen LogP) is 0.621. The average molecular weight is 274 g/mol. The van der Waals surface area contributed by atoms with Crippen LogP contribution in [0, 0.1) is 0 Å². The minimum absolute atomic E-state index is 0.0355. The van der Waals surface area contributed by atoms with E-state index in [4.69, 9.17) is 9.47 Å². The summed E-state index contributed by atoms with van der Waals surface area (Å²) in [5.74, 6) is 0. The first kappa shape index (κ1) is 16.6. The fourth-order valence-electron chi connectivity index (χ4n) is 2.06. The first-order valence-electron chi connectivity index (χ1n) is 7.01. The second-order valence-corrected chi connectivity index (χ2v) is 4.99. The number of hydrogen-bond acceptors (Lipinski definition) is 5. The molecule has 0 aliphatic carbocycles. The van der Waals surface area contributed by atoms with E-state index < -0.39 is 24.4 Å². The van der Waals surface area contributed by atoms with Crippen LogP contribution in [0.4, 0.5) is 0 Å². The van der Waals surface area contributed by atoms with Crippen molar-refractivity contribution in [1.82, 2.24) is 0 Å². The molecular formula is C14H26O5. The maximum atomic E-state index is 9.68. The third-order valence-corrected chi connectivity index (χ3v) is 3.34. The van der Waals surface area contributed by atoms with Crippen LogP contribution < -0.4 is 0 Å². The minimum Gasteiger partial charge on any atom is -0.388 e. The molecule has 0 unspecified atom stereocenters. The van der Waals surface area contributed by atoms with Crippen LogP contribution in [-0.4, -0.2) is 59.6 Å². The Morgan fingerprint density at radius 1 is 1.11 bits per heavy atom. The van der Waals surface area contributed by atoms with Crippen molar-refractivity contribution in [1.29, 1.82) is 0 Å². The molecule has 1 aliphatic heterocycles. The smallest absolute Gasteiger partial charge is 0.111 e. The zero-order chi connectivity index (χ0) is 14.1. The summed E-state index contributed by atoms with van der Waals surface area (Å²) in [5, 5.41) is 28.5. The molecule has 0 aromatic heterocycles. The Balaban J connectivity index is 2.01. The maximum Gasteiger partial charge on any atom is 0.111 e. The highest BCUT2D eigenvalue weighted by Gasteiger charge is 2.37. The van der Waals surface area contributed by atoms with Gasteiger partial charge in [-0.05, 0) is 19.3 Å². The van der Waals surface area contributed by atoms with Gasteiger partial charge >= 0.3 is 0 Å². The molecule has 0 radical (unpaired) electrons. The summed E-state index contributed by atoms with van der Waals surface area (Å²) in [6.07, 6.45) is 3.60. The first-order chi connectivity index (χ1) is 9.16. The molecule has 5 heteroatoms. The van der Waals surface area contributed by atoms with E-state index in [1.165, 1.54) is 6.42 Å². The van der Waals surface area contributed by atoms with E-state index in [0.717, 1.165) is 25.7 Å². The Bertz CT molecular complexity index is 246. The van der Waals surface area contributed by atoms with Gasteiger partial charge in [-0.3, -0.25) is 0 Å². The van der Waals surface area contributed by atoms with Crippen LogP contribution >= 0.6 is 0 Å². The Labute approximate surface area is 114 Å². The van der Waals surface area contributed by atoms with E-state index in [-0.39, 0.29) is 13.2 Å². The van der Waals surface area contributed by atoms with Crippen LogP contribution in [0.25, 0.3) is 0 Å². The van der Waals surface area contributed by atoms with Crippen molar-refractivity contribution in [2.75, 3.05) is 19.8 Å². The molecule has 1 heterocycles. The number of rotatable bonds is 9. The number of aliphatic hydroxyl groups is 3. The number of unbranched alkanes of at least 4 members (excludes halogenated alkanes) is 4. The normalized spacial score (nSPS) is 31.3. The maximum absolute atomic E-state index is 9.68. The van der Waals surface area contributed by atoms with Crippen LogP contribution in [0.2, 0.25) is 0 Å². The molecule has 0 amide bonds. The summed E-state index contributed by atoms with van der Waals surface area (Å²) in [6.45, 7) is 4.59. The lowest BCUT2D eigenvalue weighted by atomic mass is 10.0. The van der Waals surface area contributed by atoms with E-state index in [2.05, 4.69) is 6.58 Å². The average Bonchev–Trinajstić information content (AvgIpc) is 2.41. The molecule has 4 atom stereocenters. The summed E-state index contributed by atoms with van der Waals surface area (Å²) in [6, 6.07) is 0. The molecule has 1 saturated heterocycles. The van der Waals surface area contributed by atoms with Crippen LogP contribution in [0.1, 0.15) is 32.1 Å². The van der Waals surface area contributed by atoms with E-state index in [1.54, 1.807) is 0 Å². The van der Waals surface area contributed by atoms with Gasteiger partial charge in [-0.2, -0.15) is 0 Å². The molecule has 0 spiro atoms. The van der Waals surface area contributed by atoms with E-state index in [9.17, 15) is 15.3 Å². The molecule has 1 rings (SSSR count). The van der Waals surface area contributed by atoms with Crippen LogP contribution in [0.15, 0.2) is 12.7 Å². The molecule has 0 saturated carbocycles. The largest absolute Gasteiger partial charge is 0.388 e. The zero-order valence-electron chi connectivity index (χ0n) is 11.4. The molecule has 1 aliphatic rings. The number of hydrogen-bond donors (Lipinski definition) is 3. The van der Waals surface area contributed by atoms with Crippen molar-refractivity contribution in [2.45, 2.75) is 56.5 Å². The summed E-state index contributed by atoms with van der Waals surface area (Å²) in [7, 11) is 0. The Morgan fingerprint density at radius 2 is 1.84 bits per heavy atom. The Hall–Kier alpha value is -0.460. The van der Waals surface area contributed by atoms with Crippen molar-refractivity contribution in [2.24, 2.45) is 0 Å². The number of aliphatic hydroxyl groups excluding tert-OH is 3. The van der Waals surface area contributed by atoms with Gasteiger partial charge in [0, 0.05) is 6.61 Å². The fraction of sp³-hybridized carbons (Fsp3) is 0.857. The topological polar surface area (TPSA) is 79.2 Å². The van der Waals surface area contributed by atoms with Gasteiger partial charge in [-0.1, -0.05) is 18.9 Å². The van der Waals surface area contributed by atoms with Crippen LogP contribution in [-0.2, 0) is 9.47 Å². The van der Waals surface area contributed by atoms with E-state index >= 15 is 0 Å². The lowest BCUT2D eigenvalue weighted by Crippen LogP contribution is -2.54. The van der Waals surface area contributed by atoms with Gasteiger partial charge in [0.2, 0.25) is 0 Å². The monoisotopic (exact) mass is 274 g/mol.